The van der Waals surface area contributed by atoms with E-state index in [1.165, 1.54) is 19.1 Å². The maximum atomic E-state index is 13.1. The Kier molecular flexibility index (Phi) is 4.11. The molecule has 8 heteroatoms. The second-order valence-corrected chi connectivity index (χ2v) is 4.51. The topological polar surface area (TPSA) is 46.3 Å². The first-order valence-electron chi connectivity index (χ1n) is 5.09. The molecule has 0 aliphatic heterocycles. The van der Waals surface area contributed by atoms with Crippen LogP contribution in [0.15, 0.2) is 18.2 Å². The van der Waals surface area contributed by atoms with Crippen LogP contribution in [0, 0.1) is 13.8 Å². The zero-order chi connectivity index (χ0) is 15.0. The SMILES string of the molecule is Cc1ccc(N(N)C(=O)C(F)(F)C(F)(F)Cl)c(C)c1. The standard InChI is InChI=1S/C11H11ClF4N2O/c1-6-3-4-8(7(2)5-6)18(17)9(19)10(13,14)11(12,15)16/h3-5H,17H2,1-2H3. The number of carbonyl (C=O) groups excluding carboxylic acids is 1. The highest BCUT2D eigenvalue weighted by Crippen LogP contribution is 2.39. The van der Waals surface area contributed by atoms with Crippen LogP contribution in [0.2, 0.25) is 0 Å². The van der Waals surface area contributed by atoms with Gasteiger partial charge in [-0.05, 0) is 37.1 Å². The quantitative estimate of drug-likeness (QED) is 0.307. The van der Waals surface area contributed by atoms with Crippen LogP contribution in [0.5, 0.6) is 0 Å². The lowest BCUT2D eigenvalue weighted by molar-refractivity contribution is -0.178. The maximum absolute atomic E-state index is 13.1. The van der Waals surface area contributed by atoms with E-state index in [0.29, 0.717) is 5.56 Å². The number of hydrazine groups is 1. The molecular weight excluding hydrogens is 288 g/mol. The van der Waals surface area contributed by atoms with Crippen LogP contribution < -0.4 is 10.9 Å². The molecule has 0 fully saturated rings. The summed E-state index contributed by atoms with van der Waals surface area (Å²) in [6.07, 6.45) is 0. The van der Waals surface area contributed by atoms with E-state index >= 15 is 0 Å². The van der Waals surface area contributed by atoms with Gasteiger partial charge >= 0.3 is 17.2 Å². The number of nitrogens with zero attached hydrogens (tertiary/aromatic N) is 1. The third-order valence-corrected chi connectivity index (χ3v) is 2.69. The monoisotopic (exact) mass is 298 g/mol. The Hall–Kier alpha value is -1.34. The Labute approximate surface area is 111 Å². The summed E-state index contributed by atoms with van der Waals surface area (Å²) in [7, 11) is 0. The van der Waals surface area contributed by atoms with Crippen molar-refractivity contribution < 1.29 is 22.4 Å². The number of alkyl halides is 5. The van der Waals surface area contributed by atoms with E-state index in [1.807, 2.05) is 0 Å². The number of carbonyl (C=O) groups is 1. The number of hydrogen-bond acceptors (Lipinski definition) is 2. The van der Waals surface area contributed by atoms with Gasteiger partial charge in [0.1, 0.15) is 0 Å². The van der Waals surface area contributed by atoms with Crippen LogP contribution >= 0.6 is 11.6 Å². The number of benzene rings is 1. The normalized spacial score (nSPS) is 12.4. The lowest BCUT2D eigenvalue weighted by Gasteiger charge is -2.26. The predicted octanol–water partition coefficient (Wildman–Crippen LogP) is 2.98. The van der Waals surface area contributed by atoms with Crippen LogP contribution in [-0.4, -0.2) is 17.2 Å². The minimum atomic E-state index is -5.10. The van der Waals surface area contributed by atoms with E-state index < -0.39 is 17.2 Å². The van der Waals surface area contributed by atoms with Crippen molar-refractivity contribution in [2.24, 2.45) is 5.84 Å². The van der Waals surface area contributed by atoms with Crippen molar-refractivity contribution in [2.75, 3.05) is 5.01 Å². The molecule has 0 aliphatic carbocycles. The molecule has 0 heterocycles. The molecule has 0 unspecified atom stereocenters. The smallest absolute Gasteiger partial charge is 0.266 e. The zero-order valence-electron chi connectivity index (χ0n) is 10.1. The Morgan fingerprint density at radius 1 is 1.26 bits per heavy atom. The molecule has 1 aromatic rings. The number of rotatable bonds is 3. The third-order valence-electron chi connectivity index (χ3n) is 2.46. The predicted molar refractivity (Wildman–Crippen MR) is 63.3 cm³/mol. The molecule has 0 atom stereocenters. The zero-order valence-corrected chi connectivity index (χ0v) is 10.8. The van der Waals surface area contributed by atoms with Gasteiger partial charge in [0.2, 0.25) is 0 Å². The second-order valence-electron chi connectivity index (χ2n) is 4.04. The molecule has 0 bridgehead atoms. The fraction of sp³-hybridized carbons (Fsp3) is 0.364. The highest BCUT2D eigenvalue weighted by Gasteiger charge is 2.62. The third kappa shape index (κ3) is 2.98. The van der Waals surface area contributed by atoms with Gasteiger partial charge in [-0.1, -0.05) is 17.7 Å². The molecule has 106 valence electrons. The minimum Gasteiger partial charge on any atom is -0.266 e. The molecule has 0 radical (unpaired) electrons. The van der Waals surface area contributed by atoms with E-state index in [4.69, 9.17) is 5.84 Å². The molecule has 0 saturated carbocycles. The average molecular weight is 299 g/mol. The first-order chi connectivity index (χ1) is 8.48. The molecule has 1 amide bonds. The summed E-state index contributed by atoms with van der Waals surface area (Å²) in [4.78, 5) is 11.3. The fourth-order valence-corrected chi connectivity index (χ4v) is 1.54. The van der Waals surface area contributed by atoms with Crippen molar-refractivity contribution in [1.29, 1.82) is 0 Å². The van der Waals surface area contributed by atoms with Crippen molar-refractivity contribution in [2.45, 2.75) is 25.2 Å². The minimum absolute atomic E-state index is 0.0228. The van der Waals surface area contributed by atoms with Gasteiger partial charge in [-0.3, -0.25) is 4.79 Å². The van der Waals surface area contributed by atoms with Gasteiger partial charge < -0.3 is 0 Å². The summed E-state index contributed by atoms with van der Waals surface area (Å²) in [5.74, 6) is -2.19. The van der Waals surface area contributed by atoms with Gasteiger partial charge in [0.05, 0.1) is 5.69 Å². The molecular formula is C11H11ClF4N2O. The summed E-state index contributed by atoms with van der Waals surface area (Å²) in [6.45, 7) is 3.24. The molecule has 0 aliphatic rings. The maximum Gasteiger partial charge on any atom is 0.402 e. The number of halogens is 5. The summed E-state index contributed by atoms with van der Waals surface area (Å²) >= 11 is 4.23. The summed E-state index contributed by atoms with van der Waals surface area (Å²) in [5.41, 5.74) is 1.09. The van der Waals surface area contributed by atoms with Gasteiger partial charge in [-0.15, -0.1) is 0 Å². The second kappa shape index (κ2) is 4.97. The lowest BCUT2D eigenvalue weighted by Crippen LogP contribution is -2.54. The van der Waals surface area contributed by atoms with Crippen LogP contribution in [-0.2, 0) is 4.79 Å². The van der Waals surface area contributed by atoms with Gasteiger partial charge in [-0.2, -0.15) is 17.6 Å². The molecule has 1 rings (SSSR count). The van der Waals surface area contributed by atoms with Gasteiger partial charge in [-0.25, -0.2) is 10.9 Å². The Morgan fingerprint density at radius 3 is 2.21 bits per heavy atom. The first kappa shape index (κ1) is 15.7. The molecule has 3 nitrogen and oxygen atoms in total. The first-order valence-corrected chi connectivity index (χ1v) is 5.47. The van der Waals surface area contributed by atoms with Gasteiger partial charge in [0, 0.05) is 0 Å². The molecule has 0 aromatic heterocycles. The van der Waals surface area contributed by atoms with E-state index in [-0.39, 0.29) is 10.7 Å². The van der Waals surface area contributed by atoms with Crippen molar-refractivity contribution in [3.05, 3.63) is 29.3 Å². The summed E-state index contributed by atoms with van der Waals surface area (Å²) in [5, 5.41) is -5.04. The van der Waals surface area contributed by atoms with Gasteiger partial charge in [0.15, 0.2) is 0 Å². The summed E-state index contributed by atoms with van der Waals surface area (Å²) < 4.78 is 51.2. The van der Waals surface area contributed by atoms with Crippen LogP contribution in [0.3, 0.4) is 0 Å². The summed E-state index contributed by atoms with van der Waals surface area (Å²) in [6, 6.07) is 4.36. The number of hydrogen-bond donors (Lipinski definition) is 1. The lowest BCUT2D eigenvalue weighted by atomic mass is 10.1. The van der Waals surface area contributed by atoms with E-state index in [9.17, 15) is 22.4 Å². The fourth-order valence-electron chi connectivity index (χ4n) is 1.46. The van der Waals surface area contributed by atoms with E-state index in [0.717, 1.165) is 5.56 Å². The number of aryl methyl sites for hydroxylation is 2. The molecule has 19 heavy (non-hydrogen) atoms. The highest BCUT2D eigenvalue weighted by molar-refractivity contribution is 6.24. The Balaban J connectivity index is 3.13. The van der Waals surface area contributed by atoms with Crippen LogP contribution in [0.1, 0.15) is 11.1 Å². The number of nitrogens with two attached hydrogens (primary N) is 1. The number of anilines is 1. The highest BCUT2D eigenvalue weighted by atomic mass is 35.5. The van der Waals surface area contributed by atoms with E-state index in [2.05, 4.69) is 11.6 Å². The van der Waals surface area contributed by atoms with Crippen molar-refractivity contribution in [3.63, 3.8) is 0 Å². The van der Waals surface area contributed by atoms with Crippen molar-refractivity contribution in [1.82, 2.24) is 0 Å². The van der Waals surface area contributed by atoms with Crippen molar-refractivity contribution >= 4 is 23.2 Å². The van der Waals surface area contributed by atoms with Crippen LogP contribution in [0.4, 0.5) is 23.2 Å². The van der Waals surface area contributed by atoms with E-state index in [1.54, 1.807) is 13.0 Å². The molecule has 0 spiro atoms. The van der Waals surface area contributed by atoms with Crippen molar-refractivity contribution in [3.8, 4) is 0 Å². The molecule has 1 aromatic carbocycles. The molecule has 2 N–H and O–H groups in total. The largest absolute Gasteiger partial charge is 0.402 e. The van der Waals surface area contributed by atoms with Gasteiger partial charge in [0.25, 0.3) is 0 Å². The molecule has 0 saturated heterocycles. The average Bonchev–Trinajstić information content (AvgIpc) is 2.25. The number of amides is 1. The van der Waals surface area contributed by atoms with Crippen LogP contribution in [0.25, 0.3) is 0 Å². The Bertz CT molecular complexity index is 502. The Morgan fingerprint density at radius 2 is 1.79 bits per heavy atom.